The first-order valence-corrected chi connectivity index (χ1v) is 19.5. The minimum absolute atomic E-state index is 0.0550. The van der Waals surface area contributed by atoms with Gasteiger partial charge in [0.05, 0.1) is 37.3 Å². The molecule has 8 atom stereocenters. The molecule has 1 spiro atoms. The van der Waals surface area contributed by atoms with Gasteiger partial charge in [0.1, 0.15) is 23.7 Å². The van der Waals surface area contributed by atoms with Crippen LogP contribution in [0.5, 0.6) is 0 Å². The number of benzene rings is 3. The average molecular weight is 763 g/mol. The zero-order chi connectivity index (χ0) is 39.4. The van der Waals surface area contributed by atoms with Crippen LogP contribution in [0, 0.1) is 11.8 Å². The lowest BCUT2D eigenvalue weighted by atomic mass is 9.77. The van der Waals surface area contributed by atoms with E-state index in [0.29, 0.717) is 23.2 Å². The monoisotopic (exact) mass is 762 g/mol. The van der Waals surface area contributed by atoms with Crippen LogP contribution in [0.15, 0.2) is 109 Å². The van der Waals surface area contributed by atoms with Gasteiger partial charge in [0, 0.05) is 44.5 Å². The van der Waals surface area contributed by atoms with Gasteiger partial charge in [-0.3, -0.25) is 19.2 Å². The zero-order valence-electron chi connectivity index (χ0n) is 32.0. The second-order valence-electron chi connectivity index (χ2n) is 14.6. The van der Waals surface area contributed by atoms with Gasteiger partial charge in [0.15, 0.2) is 0 Å². The third kappa shape index (κ3) is 7.13. The lowest BCUT2D eigenvalue weighted by molar-refractivity contribution is -0.162. The molecule has 3 amide bonds. The number of nitrogens with zero attached hydrogens (tertiary/aromatic N) is 3. The molecule has 3 aromatic rings. The number of aliphatic hydroxyl groups excluding tert-OH is 1. The predicted molar refractivity (Wildman–Crippen MR) is 210 cm³/mol. The fourth-order valence-electron chi connectivity index (χ4n) is 8.86. The summed E-state index contributed by atoms with van der Waals surface area (Å²) in [5, 5.41) is 14.0. The fourth-order valence-corrected chi connectivity index (χ4v) is 8.86. The molecule has 3 aromatic carbocycles. The van der Waals surface area contributed by atoms with E-state index in [2.05, 4.69) is 24.1 Å². The molecule has 0 saturated carbocycles. The van der Waals surface area contributed by atoms with Crippen LogP contribution in [-0.4, -0.2) is 97.4 Å². The van der Waals surface area contributed by atoms with Crippen molar-refractivity contribution < 1.29 is 38.5 Å². The second kappa shape index (κ2) is 16.8. The molecule has 56 heavy (non-hydrogen) atoms. The van der Waals surface area contributed by atoms with Crippen molar-refractivity contribution in [2.24, 2.45) is 11.8 Å². The molecule has 0 unspecified atom stereocenters. The molecule has 0 aromatic heterocycles. The smallest absolute Gasteiger partial charge is 0.313 e. The normalized spacial score (nSPS) is 28.9. The minimum Gasteiger partial charge on any atom is -0.455 e. The Hall–Kier alpha value is -5.30. The van der Waals surface area contributed by atoms with Crippen LogP contribution in [0.2, 0.25) is 0 Å². The maximum Gasteiger partial charge on any atom is 0.313 e. The highest BCUT2D eigenvalue weighted by Gasteiger charge is 2.72. The highest BCUT2D eigenvalue weighted by molar-refractivity contribution is 6.05. The number of esters is 1. The van der Waals surface area contributed by atoms with Crippen molar-refractivity contribution in [1.29, 1.82) is 0 Å². The van der Waals surface area contributed by atoms with Crippen molar-refractivity contribution in [2.75, 3.05) is 49.8 Å². The van der Waals surface area contributed by atoms with Gasteiger partial charge >= 0.3 is 5.97 Å². The molecule has 2 fully saturated rings. The molecule has 0 radical (unpaired) electrons. The number of anilines is 2. The first-order valence-electron chi connectivity index (χ1n) is 19.5. The van der Waals surface area contributed by atoms with Crippen LogP contribution >= 0.6 is 0 Å². The van der Waals surface area contributed by atoms with E-state index in [0.717, 1.165) is 18.8 Å². The van der Waals surface area contributed by atoms with Crippen molar-refractivity contribution in [2.45, 2.75) is 62.6 Å². The Balaban J connectivity index is 1.34. The number of cyclic esters (lactones) is 1. The molecule has 12 nitrogen and oxygen atoms in total. The maximum absolute atomic E-state index is 15.3. The summed E-state index contributed by atoms with van der Waals surface area (Å²) in [6.07, 6.45) is 5.63. The number of carbonyl (C=O) groups is 4. The highest BCUT2D eigenvalue weighted by Crippen LogP contribution is 2.55. The average Bonchev–Trinajstić information content (AvgIpc) is 3.60. The largest absolute Gasteiger partial charge is 0.455 e. The molecule has 0 aliphatic carbocycles. The van der Waals surface area contributed by atoms with Crippen LogP contribution in [0.25, 0.3) is 0 Å². The highest BCUT2D eigenvalue weighted by atomic mass is 16.6. The third-order valence-electron chi connectivity index (χ3n) is 11.5. The Morgan fingerprint density at radius 2 is 1.62 bits per heavy atom. The quantitative estimate of drug-likeness (QED) is 0.226. The maximum atomic E-state index is 15.3. The van der Waals surface area contributed by atoms with Crippen LogP contribution in [0.4, 0.5) is 11.4 Å². The van der Waals surface area contributed by atoms with Gasteiger partial charge in [0.25, 0.3) is 5.91 Å². The second-order valence-corrected chi connectivity index (χ2v) is 14.6. The first kappa shape index (κ1) is 39.0. The lowest BCUT2D eigenvalue weighted by Crippen LogP contribution is -2.56. The van der Waals surface area contributed by atoms with E-state index < -0.39 is 72.2 Å². The molecule has 4 aliphatic rings. The van der Waals surface area contributed by atoms with Gasteiger partial charge in [-0.2, -0.15) is 0 Å². The number of aliphatic hydroxyl groups is 1. The molecule has 294 valence electrons. The minimum atomic E-state index is -1.60. The topological polar surface area (TPSA) is 138 Å². The first-order chi connectivity index (χ1) is 27.3. The molecule has 4 heterocycles. The summed E-state index contributed by atoms with van der Waals surface area (Å²) < 4.78 is 18.8. The van der Waals surface area contributed by atoms with E-state index in [4.69, 9.17) is 14.2 Å². The van der Waals surface area contributed by atoms with Gasteiger partial charge in [-0.05, 0) is 55.7 Å². The van der Waals surface area contributed by atoms with Crippen LogP contribution in [0.3, 0.4) is 0 Å². The van der Waals surface area contributed by atoms with Gasteiger partial charge in [0.2, 0.25) is 11.8 Å². The number of nitrogens with one attached hydrogen (secondary N) is 1. The van der Waals surface area contributed by atoms with E-state index >= 15 is 9.59 Å². The SMILES string of the molecule is CCN(CC)c1ccc(N2CC=C[C@]34O[C@@H]5/C=C\CCC(=O)N[C@H](COC)[C@@H](c6ccccc6)OC(=O)[C@@H]5[C@H]3C(=O)N([C@H](CO)c3ccccc3)[C@@H]4C2=O)cc1. The van der Waals surface area contributed by atoms with Crippen molar-refractivity contribution in [1.82, 2.24) is 10.2 Å². The van der Waals surface area contributed by atoms with Crippen LogP contribution in [0.1, 0.15) is 50.0 Å². The summed E-state index contributed by atoms with van der Waals surface area (Å²) in [7, 11) is 1.51. The Bertz CT molecular complexity index is 1930. The summed E-state index contributed by atoms with van der Waals surface area (Å²) in [5.41, 5.74) is 1.32. The molecule has 0 bridgehead atoms. The molecule has 7 rings (SSSR count). The van der Waals surface area contributed by atoms with Gasteiger partial charge in [-0.1, -0.05) is 85.0 Å². The van der Waals surface area contributed by atoms with Gasteiger partial charge in [-0.25, -0.2) is 0 Å². The molecular weight excluding hydrogens is 713 g/mol. The van der Waals surface area contributed by atoms with Crippen molar-refractivity contribution >= 4 is 35.1 Å². The van der Waals surface area contributed by atoms with Gasteiger partial charge < -0.3 is 39.3 Å². The Morgan fingerprint density at radius 3 is 2.29 bits per heavy atom. The molecule has 2 saturated heterocycles. The number of allylic oxidation sites excluding steroid dienone is 1. The number of ether oxygens (including phenoxy) is 3. The Morgan fingerprint density at radius 1 is 0.929 bits per heavy atom. The Kier molecular flexibility index (Phi) is 11.7. The number of rotatable bonds is 10. The zero-order valence-corrected chi connectivity index (χ0v) is 32.0. The summed E-state index contributed by atoms with van der Waals surface area (Å²) in [6.45, 7) is 5.60. The van der Waals surface area contributed by atoms with Crippen LogP contribution < -0.4 is 15.1 Å². The number of hydrogen-bond acceptors (Lipinski definition) is 9. The number of amides is 3. The van der Waals surface area contributed by atoms with Crippen molar-refractivity contribution in [3.63, 3.8) is 0 Å². The number of fused-ring (bicyclic) bond motifs is 2. The van der Waals surface area contributed by atoms with Gasteiger partial charge in [-0.15, -0.1) is 0 Å². The standard InChI is InChI=1S/C44H50N4O8/c1-4-46(5-2)31-21-23-32(24-22-31)47-26-14-25-44-38(41(51)48(40(44)42(47)52)34(27-49)29-15-8-6-9-16-29)37-35(56-44)19-12-13-20-36(50)45-33(28-54-3)39(55-43(37)53)30-17-10-7-11-18-30/h6-12,14-19,21-25,33-35,37-40,49H,4-5,13,20,26-28H2,1-3H3,(H,45,50)/b19-12-/t33-,34-,35-,37+,38+,39-,40-,44+/m1/s1. The summed E-state index contributed by atoms with van der Waals surface area (Å²) >= 11 is 0. The summed E-state index contributed by atoms with van der Waals surface area (Å²) in [5.74, 6) is -4.22. The van der Waals surface area contributed by atoms with E-state index in [1.54, 1.807) is 35.3 Å². The molecule has 2 N–H and O–H groups in total. The lowest BCUT2D eigenvalue weighted by Gasteiger charge is -2.38. The predicted octanol–water partition coefficient (Wildman–Crippen LogP) is 4.52. The van der Waals surface area contributed by atoms with Crippen molar-refractivity contribution in [3.05, 3.63) is 120 Å². The fraction of sp³-hybridized carbons (Fsp3) is 0.409. The number of likely N-dealkylation sites (tertiary alicyclic amines) is 1. The summed E-state index contributed by atoms with van der Waals surface area (Å²) in [4.78, 5) is 63.7. The number of carbonyl (C=O) groups excluding carboxylic acids is 4. The summed E-state index contributed by atoms with van der Waals surface area (Å²) in [6, 6.07) is 23.0. The van der Waals surface area contributed by atoms with Crippen LogP contribution in [-0.2, 0) is 33.4 Å². The third-order valence-corrected chi connectivity index (χ3v) is 11.5. The number of hydrogen-bond donors (Lipinski definition) is 2. The molecular formula is C44H50N4O8. The Labute approximate surface area is 327 Å². The van der Waals surface area contributed by atoms with E-state index in [9.17, 15) is 14.7 Å². The number of methoxy groups -OCH3 is 1. The molecule has 4 aliphatic heterocycles. The van der Waals surface area contributed by atoms with E-state index in [-0.39, 0.29) is 25.5 Å². The van der Waals surface area contributed by atoms with E-state index in [1.807, 2.05) is 78.9 Å². The molecule has 12 heteroatoms. The van der Waals surface area contributed by atoms with Crippen molar-refractivity contribution in [3.8, 4) is 0 Å². The van der Waals surface area contributed by atoms with E-state index in [1.165, 1.54) is 12.0 Å².